The second kappa shape index (κ2) is 5.78. The molecule has 1 amide bonds. The molecule has 1 N–H and O–H groups in total. The molecule has 1 aromatic heterocycles. The summed E-state index contributed by atoms with van der Waals surface area (Å²) >= 11 is 6.79. The van der Waals surface area contributed by atoms with Crippen molar-refractivity contribution in [2.75, 3.05) is 5.33 Å². The monoisotopic (exact) mass is 377 g/mol. The normalized spacial score (nSPS) is 28.1. The van der Waals surface area contributed by atoms with Crippen molar-refractivity contribution in [2.24, 2.45) is 5.92 Å². The van der Waals surface area contributed by atoms with Crippen molar-refractivity contribution in [3.63, 3.8) is 0 Å². The van der Waals surface area contributed by atoms with Gasteiger partial charge in [-0.05, 0) is 53.6 Å². The number of furan rings is 1. The van der Waals surface area contributed by atoms with Crippen LogP contribution in [-0.4, -0.2) is 16.8 Å². The van der Waals surface area contributed by atoms with E-state index in [0.29, 0.717) is 10.2 Å². The summed E-state index contributed by atoms with van der Waals surface area (Å²) < 4.78 is 5.60. The molecule has 2 rings (SSSR count). The third kappa shape index (κ3) is 2.99. The lowest BCUT2D eigenvalue weighted by Crippen LogP contribution is -2.52. The molecule has 0 spiro atoms. The van der Waals surface area contributed by atoms with Gasteiger partial charge in [-0.3, -0.25) is 4.79 Å². The first kappa shape index (κ1) is 14.1. The zero-order chi connectivity index (χ0) is 13.2. The summed E-state index contributed by atoms with van der Waals surface area (Å²) in [5.74, 6) is 0.694. The van der Waals surface area contributed by atoms with E-state index in [4.69, 9.17) is 4.42 Å². The van der Waals surface area contributed by atoms with Gasteiger partial charge in [-0.1, -0.05) is 22.9 Å². The van der Waals surface area contributed by atoms with Gasteiger partial charge in [0.15, 0.2) is 4.67 Å². The first-order valence-corrected chi connectivity index (χ1v) is 8.09. The first-order chi connectivity index (χ1) is 8.56. The molecule has 1 saturated carbocycles. The molecule has 0 bridgehead atoms. The summed E-state index contributed by atoms with van der Waals surface area (Å²) in [4.78, 5) is 12.2. The smallest absolute Gasteiger partial charge is 0.256 e. The Balaban J connectivity index is 2.07. The quantitative estimate of drug-likeness (QED) is 0.804. The lowest BCUT2D eigenvalue weighted by atomic mass is 9.78. The number of hydrogen-bond acceptors (Lipinski definition) is 2. The summed E-state index contributed by atoms with van der Waals surface area (Å²) in [6.07, 6.45) is 5.90. The van der Waals surface area contributed by atoms with Crippen LogP contribution in [-0.2, 0) is 0 Å². The summed E-state index contributed by atoms with van der Waals surface area (Å²) in [5.41, 5.74) is 0.453. The average molecular weight is 379 g/mol. The first-order valence-electron chi connectivity index (χ1n) is 6.18. The molecule has 1 aliphatic carbocycles. The van der Waals surface area contributed by atoms with Gasteiger partial charge in [0.05, 0.1) is 17.4 Å². The largest absolute Gasteiger partial charge is 0.457 e. The molecule has 0 radical (unpaired) electrons. The molecule has 0 saturated heterocycles. The second-order valence-electron chi connectivity index (χ2n) is 5.16. The lowest BCUT2D eigenvalue weighted by Gasteiger charge is -2.38. The van der Waals surface area contributed by atoms with Gasteiger partial charge >= 0.3 is 0 Å². The average Bonchev–Trinajstić information content (AvgIpc) is 2.79. The van der Waals surface area contributed by atoms with Crippen molar-refractivity contribution in [2.45, 2.75) is 38.1 Å². The van der Waals surface area contributed by atoms with Gasteiger partial charge in [0.2, 0.25) is 0 Å². The molecule has 1 heterocycles. The Morgan fingerprint density at radius 3 is 2.72 bits per heavy atom. The number of halogens is 2. The molecule has 0 atom stereocenters. The minimum atomic E-state index is -0.111. The molecule has 3 nitrogen and oxygen atoms in total. The van der Waals surface area contributed by atoms with Crippen LogP contribution in [0, 0.1) is 5.92 Å². The highest BCUT2D eigenvalue weighted by molar-refractivity contribution is 9.10. The molecule has 5 heteroatoms. The highest BCUT2D eigenvalue weighted by Gasteiger charge is 2.35. The van der Waals surface area contributed by atoms with Crippen LogP contribution in [0.2, 0.25) is 0 Å². The van der Waals surface area contributed by atoms with Gasteiger partial charge in [-0.25, -0.2) is 0 Å². The maximum Gasteiger partial charge on any atom is 0.256 e. The van der Waals surface area contributed by atoms with Gasteiger partial charge in [0, 0.05) is 5.33 Å². The minimum absolute atomic E-state index is 0.0652. The van der Waals surface area contributed by atoms with Gasteiger partial charge < -0.3 is 9.73 Å². The van der Waals surface area contributed by atoms with E-state index in [9.17, 15) is 4.79 Å². The molecule has 1 aromatic rings. The zero-order valence-electron chi connectivity index (χ0n) is 10.3. The van der Waals surface area contributed by atoms with E-state index in [0.717, 1.165) is 24.1 Å². The SMILES string of the molecule is CC1CCC(CBr)(NC(=O)c2ccoc2Br)CC1. The van der Waals surface area contributed by atoms with Crippen LogP contribution in [0.25, 0.3) is 0 Å². The van der Waals surface area contributed by atoms with Crippen molar-refractivity contribution in [3.8, 4) is 0 Å². The number of hydrogen-bond donors (Lipinski definition) is 1. The Kier molecular flexibility index (Phi) is 4.54. The van der Waals surface area contributed by atoms with Crippen LogP contribution in [0.4, 0.5) is 0 Å². The van der Waals surface area contributed by atoms with Gasteiger partial charge in [-0.2, -0.15) is 0 Å². The third-order valence-corrected chi connectivity index (χ3v) is 5.42. The van der Waals surface area contributed by atoms with Crippen LogP contribution in [0.15, 0.2) is 21.4 Å². The third-order valence-electron chi connectivity index (χ3n) is 3.73. The summed E-state index contributed by atoms with van der Waals surface area (Å²) in [6, 6.07) is 1.69. The van der Waals surface area contributed by atoms with Gasteiger partial charge in [-0.15, -0.1) is 0 Å². The number of alkyl halides is 1. The van der Waals surface area contributed by atoms with Crippen molar-refractivity contribution >= 4 is 37.8 Å². The zero-order valence-corrected chi connectivity index (χ0v) is 13.5. The molecule has 1 aliphatic rings. The topological polar surface area (TPSA) is 42.2 Å². The van der Waals surface area contributed by atoms with Crippen LogP contribution < -0.4 is 5.32 Å². The maximum absolute atomic E-state index is 12.2. The molecule has 0 unspecified atom stereocenters. The number of amides is 1. The number of rotatable bonds is 3. The lowest BCUT2D eigenvalue weighted by molar-refractivity contribution is 0.0872. The van der Waals surface area contributed by atoms with Crippen LogP contribution in [0.5, 0.6) is 0 Å². The molecule has 100 valence electrons. The Hall–Kier alpha value is -0.290. The van der Waals surface area contributed by atoms with Crippen molar-refractivity contribution in [1.29, 1.82) is 0 Å². The Morgan fingerprint density at radius 1 is 1.56 bits per heavy atom. The Bertz CT molecular complexity index is 422. The standard InChI is InChI=1S/C13H17Br2NO2/c1-9-2-5-13(8-14,6-3-9)16-12(17)10-4-7-18-11(10)15/h4,7,9H,2-3,5-6,8H2,1H3,(H,16,17). The summed E-state index contributed by atoms with van der Waals surface area (Å²) in [5, 5.41) is 3.97. The fourth-order valence-corrected chi connectivity index (χ4v) is 3.49. The van der Waals surface area contributed by atoms with Crippen molar-refractivity contribution < 1.29 is 9.21 Å². The molecule has 0 aromatic carbocycles. The molecule has 0 aliphatic heterocycles. The minimum Gasteiger partial charge on any atom is -0.457 e. The van der Waals surface area contributed by atoms with Crippen molar-refractivity contribution in [3.05, 3.63) is 22.6 Å². The van der Waals surface area contributed by atoms with E-state index in [1.54, 1.807) is 6.07 Å². The number of carbonyl (C=O) groups excluding carboxylic acids is 1. The fraction of sp³-hybridized carbons (Fsp3) is 0.615. The van der Waals surface area contributed by atoms with E-state index in [2.05, 4.69) is 44.1 Å². The van der Waals surface area contributed by atoms with E-state index >= 15 is 0 Å². The molecule has 1 fully saturated rings. The van der Waals surface area contributed by atoms with Gasteiger partial charge in [0.25, 0.3) is 5.91 Å². The van der Waals surface area contributed by atoms with E-state index in [1.807, 2.05) is 0 Å². The summed E-state index contributed by atoms with van der Waals surface area (Å²) in [7, 11) is 0. The highest BCUT2D eigenvalue weighted by atomic mass is 79.9. The fourth-order valence-electron chi connectivity index (χ4n) is 2.37. The van der Waals surface area contributed by atoms with Crippen molar-refractivity contribution in [1.82, 2.24) is 5.32 Å². The second-order valence-corrected chi connectivity index (χ2v) is 6.44. The molecular weight excluding hydrogens is 362 g/mol. The highest BCUT2D eigenvalue weighted by Crippen LogP contribution is 2.33. The van der Waals surface area contributed by atoms with Gasteiger partial charge in [0.1, 0.15) is 0 Å². The summed E-state index contributed by atoms with van der Waals surface area (Å²) in [6.45, 7) is 2.27. The van der Waals surface area contributed by atoms with E-state index < -0.39 is 0 Å². The van der Waals surface area contributed by atoms with E-state index in [1.165, 1.54) is 19.1 Å². The predicted octanol–water partition coefficient (Wildman–Crippen LogP) is 4.12. The predicted molar refractivity (Wildman–Crippen MR) is 78.0 cm³/mol. The molecular formula is C13H17Br2NO2. The van der Waals surface area contributed by atoms with Crippen LogP contribution in [0.3, 0.4) is 0 Å². The Labute approximate surface area is 124 Å². The molecule has 18 heavy (non-hydrogen) atoms. The maximum atomic E-state index is 12.2. The van der Waals surface area contributed by atoms with Crippen LogP contribution >= 0.6 is 31.9 Å². The Morgan fingerprint density at radius 2 is 2.22 bits per heavy atom. The van der Waals surface area contributed by atoms with E-state index in [-0.39, 0.29) is 11.4 Å². The van der Waals surface area contributed by atoms with Crippen LogP contribution in [0.1, 0.15) is 43.0 Å². The number of nitrogens with one attached hydrogen (secondary N) is 1. The number of carbonyl (C=O) groups is 1.